The van der Waals surface area contributed by atoms with Crippen LogP contribution in [0.1, 0.15) is 25.3 Å². The molecule has 10 heteroatoms. The van der Waals surface area contributed by atoms with Crippen molar-refractivity contribution in [2.45, 2.75) is 25.6 Å². The van der Waals surface area contributed by atoms with Crippen LogP contribution in [0.2, 0.25) is 0 Å². The number of allylic oxidation sites excluding steroid dienone is 2. The molecular formula is C20H16N4O6. The first-order chi connectivity index (χ1) is 14.2. The van der Waals surface area contributed by atoms with E-state index in [2.05, 4.69) is 0 Å². The van der Waals surface area contributed by atoms with Gasteiger partial charge in [0.25, 0.3) is 11.7 Å². The fraction of sp³-hybridized carbons (Fsp3) is 0.300. The third kappa shape index (κ3) is 3.52. The summed E-state index contributed by atoms with van der Waals surface area (Å²) in [6.07, 6.45) is 0. The van der Waals surface area contributed by atoms with Crippen LogP contribution in [-0.4, -0.2) is 23.7 Å². The number of hydrogen-bond donors (Lipinski definition) is 2. The summed E-state index contributed by atoms with van der Waals surface area (Å²) < 4.78 is 21.1. The van der Waals surface area contributed by atoms with E-state index in [0.717, 1.165) is 0 Å². The fourth-order valence-corrected chi connectivity index (χ4v) is 3.20. The zero-order valence-corrected chi connectivity index (χ0v) is 16.0. The average Bonchev–Trinajstić information content (AvgIpc) is 3.14. The van der Waals surface area contributed by atoms with Crippen molar-refractivity contribution in [3.63, 3.8) is 0 Å². The smallest absolute Gasteiger partial charge is 0.345 e. The van der Waals surface area contributed by atoms with Crippen molar-refractivity contribution in [1.29, 1.82) is 15.8 Å². The van der Waals surface area contributed by atoms with E-state index < -0.39 is 35.1 Å². The second kappa shape index (κ2) is 7.57. The van der Waals surface area contributed by atoms with Crippen molar-refractivity contribution in [2.75, 3.05) is 6.79 Å². The van der Waals surface area contributed by atoms with Gasteiger partial charge in [0.05, 0.1) is 17.7 Å². The van der Waals surface area contributed by atoms with Crippen LogP contribution in [0.15, 0.2) is 41.0 Å². The predicted molar refractivity (Wildman–Crippen MR) is 97.8 cm³/mol. The van der Waals surface area contributed by atoms with Crippen molar-refractivity contribution in [3.05, 3.63) is 46.6 Å². The monoisotopic (exact) mass is 408 g/mol. The number of nitrogens with two attached hydrogens (primary N) is 1. The quantitative estimate of drug-likeness (QED) is 0.554. The lowest BCUT2D eigenvalue weighted by Gasteiger charge is -2.34. The Bertz CT molecular complexity index is 1080. The molecule has 0 radical (unpaired) electrons. The van der Waals surface area contributed by atoms with E-state index >= 15 is 0 Å². The number of aliphatic hydroxyl groups excluding tert-OH is 1. The minimum absolute atomic E-state index is 0.00647. The topological polar surface area (TPSA) is 172 Å². The summed E-state index contributed by atoms with van der Waals surface area (Å²) in [7, 11) is 0. The summed E-state index contributed by atoms with van der Waals surface area (Å²) in [5.74, 6) is -4.93. The number of ether oxygens (including phenoxy) is 4. The fourth-order valence-electron chi connectivity index (χ4n) is 3.20. The molecule has 2 atom stereocenters. The molecule has 152 valence electrons. The number of carbonyl (C=O) groups excluding carboxylic acids is 1. The van der Waals surface area contributed by atoms with E-state index in [1.54, 1.807) is 24.3 Å². The third-order valence-electron chi connectivity index (χ3n) is 4.52. The van der Waals surface area contributed by atoms with Crippen molar-refractivity contribution in [3.8, 4) is 29.7 Å². The van der Waals surface area contributed by atoms with Gasteiger partial charge in [-0.1, -0.05) is 6.07 Å². The van der Waals surface area contributed by atoms with E-state index in [-0.39, 0.29) is 18.1 Å². The average molecular weight is 408 g/mol. The summed E-state index contributed by atoms with van der Waals surface area (Å²) in [5.41, 5.74) is 5.06. The highest BCUT2D eigenvalue weighted by molar-refractivity contribution is 5.91. The van der Waals surface area contributed by atoms with Crippen LogP contribution in [0.3, 0.4) is 0 Å². The Hall–Kier alpha value is -4.36. The minimum atomic E-state index is -1.43. The lowest BCUT2D eigenvalue weighted by atomic mass is 9.78. The van der Waals surface area contributed by atoms with Gasteiger partial charge in [0.2, 0.25) is 6.79 Å². The Morgan fingerprint density at radius 1 is 1.17 bits per heavy atom. The zero-order valence-electron chi connectivity index (χ0n) is 16.0. The van der Waals surface area contributed by atoms with E-state index in [0.29, 0.717) is 17.1 Å². The molecule has 10 nitrogen and oxygen atoms in total. The van der Waals surface area contributed by atoms with Crippen molar-refractivity contribution in [1.82, 2.24) is 0 Å². The molecule has 1 aromatic carbocycles. The minimum Gasteiger partial charge on any atom is -0.480 e. The Kier molecular flexibility index (Phi) is 5.14. The number of hydrogen-bond acceptors (Lipinski definition) is 10. The molecule has 0 amide bonds. The lowest BCUT2D eigenvalue weighted by molar-refractivity contribution is -0.222. The van der Waals surface area contributed by atoms with Gasteiger partial charge < -0.3 is 29.8 Å². The van der Waals surface area contributed by atoms with Gasteiger partial charge in [-0.2, -0.15) is 15.8 Å². The van der Waals surface area contributed by atoms with Crippen molar-refractivity contribution < 1.29 is 28.8 Å². The maximum absolute atomic E-state index is 12.7. The van der Waals surface area contributed by atoms with E-state index in [4.69, 9.17) is 35.2 Å². The Morgan fingerprint density at radius 2 is 1.83 bits per heavy atom. The van der Waals surface area contributed by atoms with Gasteiger partial charge in [-0.25, -0.2) is 4.79 Å². The molecule has 1 aromatic rings. The number of fused-ring (bicyclic) bond motifs is 1. The predicted octanol–water partition coefficient (Wildman–Crippen LogP) is 1.98. The molecule has 0 saturated heterocycles. The second-order valence-electron chi connectivity index (χ2n) is 6.86. The van der Waals surface area contributed by atoms with Gasteiger partial charge in [0.1, 0.15) is 23.3 Å². The summed E-state index contributed by atoms with van der Waals surface area (Å²) in [5, 5.41) is 38.7. The van der Waals surface area contributed by atoms with Crippen LogP contribution in [0.25, 0.3) is 0 Å². The van der Waals surface area contributed by atoms with Crippen LogP contribution >= 0.6 is 0 Å². The molecule has 3 rings (SSSR count). The zero-order chi connectivity index (χ0) is 22.1. The molecule has 2 heterocycles. The highest BCUT2D eigenvalue weighted by Crippen LogP contribution is 2.44. The number of cyclic esters (lactones) is 1. The maximum atomic E-state index is 12.7. The highest BCUT2D eigenvalue weighted by Gasteiger charge is 2.44. The number of nitriles is 3. The third-order valence-corrected chi connectivity index (χ3v) is 4.52. The first-order valence-corrected chi connectivity index (χ1v) is 8.67. The molecule has 2 aliphatic heterocycles. The Morgan fingerprint density at radius 3 is 2.43 bits per heavy atom. The molecule has 2 aliphatic rings. The number of benzene rings is 1. The largest absolute Gasteiger partial charge is 0.480 e. The normalized spacial score (nSPS) is 18.0. The van der Waals surface area contributed by atoms with Gasteiger partial charge in [0, 0.05) is 19.8 Å². The number of carbonyl (C=O) groups is 1. The van der Waals surface area contributed by atoms with Crippen LogP contribution < -0.4 is 15.2 Å². The summed E-state index contributed by atoms with van der Waals surface area (Å²) in [6, 6.07) is 9.77. The van der Waals surface area contributed by atoms with Gasteiger partial charge >= 0.3 is 5.97 Å². The Labute approximate surface area is 171 Å². The molecule has 0 spiro atoms. The molecule has 0 fully saturated rings. The molecule has 30 heavy (non-hydrogen) atoms. The van der Waals surface area contributed by atoms with Crippen LogP contribution in [0.5, 0.6) is 11.5 Å². The lowest BCUT2D eigenvalue weighted by Crippen LogP contribution is -2.39. The number of esters is 1. The van der Waals surface area contributed by atoms with Gasteiger partial charge in [0.15, 0.2) is 11.5 Å². The van der Waals surface area contributed by atoms with Gasteiger partial charge in [-0.05, 0) is 17.7 Å². The number of aliphatic hydroxyl groups is 1. The first kappa shape index (κ1) is 20.4. The molecule has 0 bridgehead atoms. The number of nitrogens with zero attached hydrogens (tertiary/aromatic N) is 3. The molecule has 0 aromatic heterocycles. The van der Waals surface area contributed by atoms with Crippen molar-refractivity contribution in [2.24, 2.45) is 11.7 Å². The van der Waals surface area contributed by atoms with Gasteiger partial charge in [-0.3, -0.25) is 0 Å². The SMILES string of the molecule is CC1(C)OC(=O)C([C@@H](c2ccc3c(c2)OCO3)[C@@H](C#N)C(N)=C(C#N)C#N)=C(O)O1. The van der Waals surface area contributed by atoms with Crippen LogP contribution in [0, 0.1) is 39.9 Å². The Balaban J connectivity index is 2.24. The highest BCUT2D eigenvalue weighted by atomic mass is 16.8. The molecule has 0 aliphatic carbocycles. The number of rotatable bonds is 4. The van der Waals surface area contributed by atoms with E-state index in [1.807, 2.05) is 6.07 Å². The van der Waals surface area contributed by atoms with E-state index in [9.17, 15) is 15.2 Å². The van der Waals surface area contributed by atoms with Crippen molar-refractivity contribution >= 4 is 5.97 Å². The van der Waals surface area contributed by atoms with Crippen LogP contribution in [-0.2, 0) is 14.3 Å². The second-order valence-corrected chi connectivity index (χ2v) is 6.86. The van der Waals surface area contributed by atoms with Gasteiger partial charge in [-0.15, -0.1) is 0 Å². The molecular weight excluding hydrogens is 392 g/mol. The maximum Gasteiger partial charge on any atom is 0.345 e. The summed E-state index contributed by atoms with van der Waals surface area (Å²) in [4.78, 5) is 12.7. The molecule has 0 unspecified atom stereocenters. The molecule has 3 N–H and O–H groups in total. The summed E-state index contributed by atoms with van der Waals surface area (Å²) in [6.45, 7) is 2.84. The van der Waals surface area contributed by atoms with Crippen LogP contribution in [0.4, 0.5) is 0 Å². The molecule has 0 saturated carbocycles. The summed E-state index contributed by atoms with van der Waals surface area (Å²) >= 11 is 0. The first-order valence-electron chi connectivity index (χ1n) is 8.67. The standard InChI is InChI=1S/C20H16N4O6/c1-20(2)29-18(25)16(19(26)30-20)15(12(8-23)17(24)11(6-21)7-22)10-3-4-13-14(5-10)28-9-27-13/h3-5,12,15,25H,9,24H2,1-2H3/t12-,15+/m1/s1. The van der Waals surface area contributed by atoms with E-state index in [1.165, 1.54) is 19.9 Å².